The van der Waals surface area contributed by atoms with Crippen molar-refractivity contribution in [3.63, 3.8) is 0 Å². The van der Waals surface area contributed by atoms with E-state index in [1.54, 1.807) is 4.90 Å². The van der Waals surface area contributed by atoms with Crippen molar-refractivity contribution >= 4 is 28.0 Å². The van der Waals surface area contributed by atoms with E-state index in [1.807, 2.05) is 20.8 Å². The highest BCUT2D eigenvalue weighted by molar-refractivity contribution is 9.09. The molecule has 4 atom stereocenters. The van der Waals surface area contributed by atoms with Crippen LogP contribution in [0.5, 0.6) is 0 Å². The Bertz CT molecular complexity index is 420. The predicted octanol–water partition coefficient (Wildman–Crippen LogP) is 3.10. The van der Waals surface area contributed by atoms with Crippen LogP contribution < -0.4 is 0 Å². The van der Waals surface area contributed by atoms with Gasteiger partial charge in [0, 0.05) is 10.9 Å². The highest BCUT2D eigenvalue weighted by Gasteiger charge is 2.50. The van der Waals surface area contributed by atoms with Crippen LogP contribution in [0.1, 0.15) is 46.5 Å². The number of methoxy groups -OCH3 is 1. The monoisotopic (exact) mass is 361 g/mol. The minimum absolute atomic E-state index is 0.0575. The van der Waals surface area contributed by atoms with E-state index < -0.39 is 17.7 Å². The molecule has 21 heavy (non-hydrogen) atoms. The second kappa shape index (κ2) is 6.15. The minimum Gasteiger partial charge on any atom is -0.467 e. The highest BCUT2D eigenvalue weighted by atomic mass is 79.9. The number of carbonyl (C=O) groups excluding carboxylic acids is 2. The molecular formula is C15H24BrNO4. The van der Waals surface area contributed by atoms with E-state index >= 15 is 0 Å². The Labute approximate surface area is 134 Å². The van der Waals surface area contributed by atoms with E-state index in [1.165, 1.54) is 7.11 Å². The van der Waals surface area contributed by atoms with E-state index in [0.717, 1.165) is 19.3 Å². The number of hydrogen-bond donors (Lipinski definition) is 0. The number of carbonyl (C=O) groups is 2. The summed E-state index contributed by atoms with van der Waals surface area (Å²) in [5, 5.41) is 0. The number of nitrogens with zero attached hydrogens (tertiary/aromatic N) is 1. The first-order valence-corrected chi connectivity index (χ1v) is 8.37. The van der Waals surface area contributed by atoms with Crippen molar-refractivity contribution in [2.24, 2.45) is 5.92 Å². The molecule has 1 saturated heterocycles. The Hall–Kier alpha value is -0.780. The summed E-state index contributed by atoms with van der Waals surface area (Å²) in [6.07, 6.45) is 3.23. The van der Waals surface area contributed by atoms with Crippen molar-refractivity contribution in [2.45, 2.75) is 69.0 Å². The molecule has 0 aromatic heterocycles. The molecule has 0 spiro atoms. The number of fused-ring (bicyclic) bond motifs is 1. The van der Waals surface area contributed by atoms with Crippen LogP contribution in [-0.2, 0) is 14.3 Å². The van der Waals surface area contributed by atoms with Crippen LogP contribution in [0, 0.1) is 5.92 Å². The average molecular weight is 362 g/mol. The lowest BCUT2D eigenvalue weighted by Crippen LogP contribution is -2.49. The maximum absolute atomic E-state index is 12.5. The van der Waals surface area contributed by atoms with Gasteiger partial charge < -0.3 is 9.47 Å². The van der Waals surface area contributed by atoms with Gasteiger partial charge in [0.05, 0.1) is 7.11 Å². The molecule has 2 aliphatic rings. The lowest BCUT2D eigenvalue weighted by molar-refractivity contribution is -0.146. The molecular weight excluding hydrogens is 338 g/mol. The SMILES string of the molecule is COC(=O)[C@@H]1C[C@@H]2CC[C@H](Br)C[C@@H]2N1C(=O)OC(C)(C)C. The summed E-state index contributed by atoms with van der Waals surface area (Å²) < 4.78 is 10.4. The first-order chi connectivity index (χ1) is 9.73. The van der Waals surface area contributed by atoms with Gasteiger partial charge in [0.2, 0.25) is 0 Å². The number of amides is 1. The van der Waals surface area contributed by atoms with Gasteiger partial charge in [0.15, 0.2) is 0 Å². The number of esters is 1. The van der Waals surface area contributed by atoms with Gasteiger partial charge in [-0.25, -0.2) is 9.59 Å². The van der Waals surface area contributed by atoms with Crippen LogP contribution in [0.25, 0.3) is 0 Å². The Morgan fingerprint density at radius 1 is 1.19 bits per heavy atom. The third-order valence-corrected chi connectivity index (χ3v) is 5.02. The molecule has 2 fully saturated rings. The molecule has 1 saturated carbocycles. The molecule has 0 unspecified atom stereocenters. The molecule has 5 nitrogen and oxygen atoms in total. The number of halogens is 1. The predicted molar refractivity (Wildman–Crippen MR) is 82.3 cm³/mol. The molecule has 0 bridgehead atoms. The Kier molecular flexibility index (Phi) is 4.85. The minimum atomic E-state index is -0.571. The number of ether oxygens (including phenoxy) is 2. The van der Waals surface area contributed by atoms with Crippen LogP contribution in [0.2, 0.25) is 0 Å². The lowest BCUT2D eigenvalue weighted by Gasteiger charge is -2.36. The van der Waals surface area contributed by atoms with E-state index in [-0.39, 0.29) is 12.0 Å². The maximum atomic E-state index is 12.5. The number of hydrogen-bond acceptors (Lipinski definition) is 4. The zero-order chi connectivity index (χ0) is 15.8. The molecule has 0 radical (unpaired) electrons. The summed E-state index contributed by atoms with van der Waals surface area (Å²) >= 11 is 3.64. The zero-order valence-electron chi connectivity index (χ0n) is 13.1. The summed E-state index contributed by atoms with van der Waals surface area (Å²) in [7, 11) is 1.37. The van der Waals surface area contributed by atoms with Gasteiger partial charge in [0.1, 0.15) is 11.6 Å². The quantitative estimate of drug-likeness (QED) is 0.531. The summed E-state index contributed by atoms with van der Waals surface area (Å²) in [4.78, 5) is 26.6. The normalized spacial score (nSPS) is 32.5. The lowest BCUT2D eigenvalue weighted by atomic mass is 9.84. The third kappa shape index (κ3) is 3.71. The first-order valence-electron chi connectivity index (χ1n) is 7.46. The summed E-state index contributed by atoms with van der Waals surface area (Å²) in [5.74, 6) is 0.0109. The van der Waals surface area contributed by atoms with Crippen molar-refractivity contribution in [1.82, 2.24) is 4.90 Å². The third-order valence-electron chi connectivity index (χ3n) is 4.19. The van der Waals surface area contributed by atoms with E-state index in [4.69, 9.17) is 9.47 Å². The second-order valence-electron chi connectivity index (χ2n) is 6.90. The summed E-state index contributed by atoms with van der Waals surface area (Å²) in [5.41, 5.74) is -0.571. The van der Waals surface area contributed by atoms with Gasteiger partial charge in [-0.3, -0.25) is 4.90 Å². The topological polar surface area (TPSA) is 55.8 Å². The van der Waals surface area contributed by atoms with Crippen molar-refractivity contribution in [3.8, 4) is 0 Å². The van der Waals surface area contributed by atoms with Gasteiger partial charge in [-0.2, -0.15) is 0 Å². The van der Waals surface area contributed by atoms with Crippen molar-refractivity contribution < 1.29 is 19.1 Å². The van der Waals surface area contributed by atoms with Crippen LogP contribution in [0.15, 0.2) is 0 Å². The fraction of sp³-hybridized carbons (Fsp3) is 0.867. The molecule has 6 heteroatoms. The molecule has 0 N–H and O–H groups in total. The van der Waals surface area contributed by atoms with Crippen molar-refractivity contribution in [1.29, 1.82) is 0 Å². The van der Waals surface area contributed by atoms with Crippen molar-refractivity contribution in [3.05, 3.63) is 0 Å². The second-order valence-corrected chi connectivity index (χ2v) is 8.19. The average Bonchev–Trinajstić information content (AvgIpc) is 2.74. The van der Waals surface area contributed by atoms with E-state index in [0.29, 0.717) is 17.2 Å². The molecule has 120 valence electrons. The van der Waals surface area contributed by atoms with Gasteiger partial charge in [-0.05, 0) is 52.4 Å². The molecule has 1 aliphatic heterocycles. The number of rotatable bonds is 1. The molecule has 0 aromatic rings. The fourth-order valence-corrected chi connectivity index (χ4v) is 3.98. The number of likely N-dealkylation sites (tertiary alicyclic amines) is 1. The van der Waals surface area contributed by atoms with E-state index in [9.17, 15) is 9.59 Å². The smallest absolute Gasteiger partial charge is 0.411 e. The van der Waals surface area contributed by atoms with Gasteiger partial charge in [0.25, 0.3) is 0 Å². The molecule has 1 heterocycles. The van der Waals surface area contributed by atoms with E-state index in [2.05, 4.69) is 15.9 Å². The first kappa shape index (κ1) is 16.6. The van der Waals surface area contributed by atoms with Gasteiger partial charge in [-0.1, -0.05) is 15.9 Å². The van der Waals surface area contributed by atoms with Crippen LogP contribution >= 0.6 is 15.9 Å². The standard InChI is InChI=1S/C15H24BrNO4/c1-15(2,3)21-14(19)17-11-8-10(16)6-5-9(11)7-12(17)13(18)20-4/h9-12H,5-8H2,1-4H3/t9-,10-,11-,12-/m0/s1. The van der Waals surface area contributed by atoms with Gasteiger partial charge in [-0.15, -0.1) is 0 Å². The highest BCUT2D eigenvalue weighted by Crippen LogP contribution is 2.42. The molecule has 0 aromatic carbocycles. The zero-order valence-corrected chi connectivity index (χ0v) is 14.7. The summed E-state index contributed by atoms with van der Waals surface area (Å²) in [6.45, 7) is 5.50. The molecule has 1 amide bonds. The Morgan fingerprint density at radius 2 is 1.86 bits per heavy atom. The summed E-state index contributed by atoms with van der Waals surface area (Å²) in [6, 6.07) is -0.459. The van der Waals surface area contributed by atoms with Crippen LogP contribution in [0.4, 0.5) is 4.79 Å². The van der Waals surface area contributed by atoms with Gasteiger partial charge >= 0.3 is 12.1 Å². The molecule has 1 aliphatic carbocycles. The van der Waals surface area contributed by atoms with Crippen LogP contribution in [-0.4, -0.2) is 46.6 Å². The maximum Gasteiger partial charge on any atom is 0.411 e. The Morgan fingerprint density at radius 3 is 2.43 bits per heavy atom. The number of alkyl halides is 1. The largest absolute Gasteiger partial charge is 0.467 e. The van der Waals surface area contributed by atoms with Crippen molar-refractivity contribution in [2.75, 3.05) is 7.11 Å². The molecule has 2 rings (SSSR count). The van der Waals surface area contributed by atoms with Crippen LogP contribution in [0.3, 0.4) is 0 Å². The fourth-order valence-electron chi connectivity index (χ4n) is 3.33. The Balaban J connectivity index is 2.22.